The lowest BCUT2D eigenvalue weighted by Gasteiger charge is -2.50. The van der Waals surface area contributed by atoms with Gasteiger partial charge in [0.1, 0.15) is 0 Å². The highest BCUT2D eigenvalue weighted by atomic mass is 16.5. The van der Waals surface area contributed by atoms with Crippen molar-refractivity contribution in [2.45, 2.75) is 69.6 Å². The monoisotopic (exact) mass is 253 g/mol. The molecular formula is C15H27NO2. The summed E-state index contributed by atoms with van der Waals surface area (Å²) in [5.41, 5.74) is 0.268. The Hall–Kier alpha value is -0.120. The SMILES string of the molecule is CC(O)C1CCN(C2CCOC3(CCC3)C2)CC1. The zero-order chi connectivity index (χ0) is 12.6. The fourth-order valence-electron chi connectivity index (χ4n) is 4.00. The van der Waals surface area contributed by atoms with Crippen LogP contribution < -0.4 is 0 Å². The number of aliphatic hydroxyl groups excluding tert-OH is 1. The van der Waals surface area contributed by atoms with Crippen LogP contribution in [0.1, 0.15) is 51.9 Å². The molecule has 2 aliphatic heterocycles. The number of rotatable bonds is 2. The van der Waals surface area contributed by atoms with E-state index in [9.17, 15) is 5.11 Å². The fourth-order valence-corrected chi connectivity index (χ4v) is 4.00. The van der Waals surface area contributed by atoms with Crippen molar-refractivity contribution >= 4 is 0 Å². The molecule has 1 aliphatic carbocycles. The van der Waals surface area contributed by atoms with Crippen molar-refractivity contribution in [3.63, 3.8) is 0 Å². The van der Waals surface area contributed by atoms with Crippen molar-refractivity contribution in [2.75, 3.05) is 19.7 Å². The van der Waals surface area contributed by atoms with Gasteiger partial charge in [-0.05, 0) is 70.9 Å². The predicted molar refractivity (Wildman–Crippen MR) is 71.5 cm³/mol. The van der Waals surface area contributed by atoms with Gasteiger partial charge in [-0.15, -0.1) is 0 Å². The van der Waals surface area contributed by atoms with Gasteiger partial charge in [-0.2, -0.15) is 0 Å². The zero-order valence-corrected chi connectivity index (χ0v) is 11.6. The number of likely N-dealkylation sites (tertiary alicyclic amines) is 1. The molecule has 2 saturated heterocycles. The number of nitrogens with zero attached hydrogens (tertiary/aromatic N) is 1. The standard InChI is InChI=1S/C15H27NO2/c1-12(17)13-3-8-16(9-4-13)14-5-10-18-15(11-14)6-2-7-15/h12-14,17H,2-11H2,1H3. The molecule has 0 radical (unpaired) electrons. The Bertz CT molecular complexity index is 280. The van der Waals surface area contributed by atoms with Crippen LogP contribution in [0.15, 0.2) is 0 Å². The van der Waals surface area contributed by atoms with E-state index in [2.05, 4.69) is 4.90 Å². The Kier molecular flexibility index (Phi) is 3.65. The van der Waals surface area contributed by atoms with Crippen molar-refractivity contribution in [1.82, 2.24) is 4.90 Å². The minimum atomic E-state index is -0.125. The molecule has 1 spiro atoms. The summed E-state index contributed by atoms with van der Waals surface area (Å²) in [5, 5.41) is 9.67. The molecule has 0 bridgehead atoms. The lowest BCUT2D eigenvalue weighted by atomic mass is 9.73. The lowest BCUT2D eigenvalue weighted by molar-refractivity contribution is -0.151. The second-order valence-corrected chi connectivity index (χ2v) is 6.65. The average Bonchev–Trinajstić information content (AvgIpc) is 2.37. The lowest BCUT2D eigenvalue weighted by Crippen LogP contribution is -2.53. The van der Waals surface area contributed by atoms with Crippen LogP contribution in [0.3, 0.4) is 0 Å². The number of hydrogen-bond donors (Lipinski definition) is 1. The van der Waals surface area contributed by atoms with E-state index in [1.165, 1.54) is 58.0 Å². The Labute approximate surface area is 110 Å². The van der Waals surface area contributed by atoms with E-state index in [1.807, 2.05) is 6.92 Å². The maximum absolute atomic E-state index is 9.67. The topological polar surface area (TPSA) is 32.7 Å². The summed E-state index contributed by atoms with van der Waals surface area (Å²) in [7, 11) is 0. The van der Waals surface area contributed by atoms with Gasteiger partial charge in [-0.25, -0.2) is 0 Å². The molecule has 0 aromatic carbocycles. The van der Waals surface area contributed by atoms with Crippen molar-refractivity contribution in [3.8, 4) is 0 Å². The third-order valence-electron chi connectivity index (χ3n) is 5.50. The van der Waals surface area contributed by atoms with Gasteiger partial charge in [-0.3, -0.25) is 0 Å². The Balaban J connectivity index is 1.53. The molecule has 3 rings (SSSR count). The van der Waals surface area contributed by atoms with Crippen LogP contribution >= 0.6 is 0 Å². The first kappa shape index (κ1) is 12.9. The highest BCUT2D eigenvalue weighted by Crippen LogP contribution is 2.43. The first-order valence-corrected chi connectivity index (χ1v) is 7.75. The third kappa shape index (κ3) is 2.45. The van der Waals surface area contributed by atoms with E-state index in [0.29, 0.717) is 5.92 Å². The summed E-state index contributed by atoms with van der Waals surface area (Å²) in [4.78, 5) is 2.67. The predicted octanol–water partition coefficient (Wildman–Crippen LogP) is 2.18. The summed E-state index contributed by atoms with van der Waals surface area (Å²) in [6, 6.07) is 0.744. The Morgan fingerprint density at radius 1 is 1.22 bits per heavy atom. The highest BCUT2D eigenvalue weighted by molar-refractivity contribution is 4.97. The van der Waals surface area contributed by atoms with Crippen LogP contribution in [0.5, 0.6) is 0 Å². The minimum absolute atomic E-state index is 0.125. The van der Waals surface area contributed by atoms with Crippen LogP contribution in [0.2, 0.25) is 0 Å². The largest absolute Gasteiger partial charge is 0.393 e. The minimum Gasteiger partial charge on any atom is -0.393 e. The highest BCUT2D eigenvalue weighted by Gasteiger charge is 2.44. The van der Waals surface area contributed by atoms with E-state index >= 15 is 0 Å². The van der Waals surface area contributed by atoms with Crippen LogP contribution in [0, 0.1) is 5.92 Å². The first-order valence-electron chi connectivity index (χ1n) is 7.75. The number of piperidine rings is 1. The maximum Gasteiger partial charge on any atom is 0.0697 e. The summed E-state index contributed by atoms with van der Waals surface area (Å²) in [6.07, 6.45) is 8.61. The van der Waals surface area contributed by atoms with E-state index < -0.39 is 0 Å². The van der Waals surface area contributed by atoms with Crippen molar-refractivity contribution in [2.24, 2.45) is 5.92 Å². The molecule has 0 aromatic rings. The van der Waals surface area contributed by atoms with Gasteiger partial charge in [-0.1, -0.05) is 0 Å². The summed E-state index contributed by atoms with van der Waals surface area (Å²) < 4.78 is 6.02. The van der Waals surface area contributed by atoms with Crippen LogP contribution in [0.25, 0.3) is 0 Å². The molecule has 3 heteroatoms. The molecular weight excluding hydrogens is 226 g/mol. The van der Waals surface area contributed by atoms with Crippen molar-refractivity contribution < 1.29 is 9.84 Å². The smallest absolute Gasteiger partial charge is 0.0697 e. The van der Waals surface area contributed by atoms with Gasteiger partial charge in [0.25, 0.3) is 0 Å². The molecule has 0 aromatic heterocycles. The van der Waals surface area contributed by atoms with Gasteiger partial charge in [0.2, 0.25) is 0 Å². The van der Waals surface area contributed by atoms with Gasteiger partial charge in [0.05, 0.1) is 11.7 Å². The average molecular weight is 253 g/mol. The molecule has 2 heterocycles. The van der Waals surface area contributed by atoms with Gasteiger partial charge < -0.3 is 14.7 Å². The maximum atomic E-state index is 9.67. The van der Waals surface area contributed by atoms with Gasteiger partial charge >= 0.3 is 0 Å². The Morgan fingerprint density at radius 3 is 2.50 bits per heavy atom. The number of hydrogen-bond acceptors (Lipinski definition) is 3. The van der Waals surface area contributed by atoms with E-state index in [0.717, 1.165) is 12.6 Å². The zero-order valence-electron chi connectivity index (χ0n) is 11.6. The molecule has 18 heavy (non-hydrogen) atoms. The Morgan fingerprint density at radius 2 is 1.94 bits per heavy atom. The quantitative estimate of drug-likeness (QED) is 0.819. The first-order chi connectivity index (χ1) is 8.69. The fraction of sp³-hybridized carbons (Fsp3) is 1.00. The van der Waals surface area contributed by atoms with Gasteiger partial charge in [0, 0.05) is 12.6 Å². The summed E-state index contributed by atoms with van der Waals surface area (Å²) in [5.74, 6) is 0.527. The number of ether oxygens (including phenoxy) is 1. The van der Waals surface area contributed by atoms with E-state index in [4.69, 9.17) is 4.74 Å². The van der Waals surface area contributed by atoms with Crippen molar-refractivity contribution in [3.05, 3.63) is 0 Å². The van der Waals surface area contributed by atoms with E-state index in [-0.39, 0.29) is 11.7 Å². The second kappa shape index (κ2) is 5.10. The van der Waals surface area contributed by atoms with Crippen LogP contribution in [0.4, 0.5) is 0 Å². The van der Waals surface area contributed by atoms with Crippen molar-refractivity contribution in [1.29, 1.82) is 0 Å². The molecule has 3 aliphatic rings. The normalized spacial score (nSPS) is 35.3. The van der Waals surface area contributed by atoms with Crippen LogP contribution in [-0.4, -0.2) is 47.4 Å². The molecule has 0 amide bonds. The molecule has 2 atom stereocenters. The third-order valence-corrected chi connectivity index (χ3v) is 5.50. The molecule has 1 saturated carbocycles. The number of aliphatic hydroxyl groups is 1. The second-order valence-electron chi connectivity index (χ2n) is 6.65. The van der Waals surface area contributed by atoms with Gasteiger partial charge in [0.15, 0.2) is 0 Å². The van der Waals surface area contributed by atoms with Crippen LogP contribution in [-0.2, 0) is 4.74 Å². The molecule has 104 valence electrons. The molecule has 3 nitrogen and oxygen atoms in total. The summed E-state index contributed by atoms with van der Waals surface area (Å²) in [6.45, 7) is 5.26. The molecule has 2 unspecified atom stereocenters. The van der Waals surface area contributed by atoms with E-state index in [1.54, 1.807) is 0 Å². The summed E-state index contributed by atoms with van der Waals surface area (Å²) >= 11 is 0. The molecule has 1 N–H and O–H groups in total. The molecule has 3 fully saturated rings.